The molecule has 22 heavy (non-hydrogen) atoms. The SMILES string of the molecule is CC1NCCCC1NC(=O)CNc1ccccc1[N+](=O)[O-].Cl. The maximum absolute atomic E-state index is 11.9. The number of nitro groups is 1. The van der Waals surface area contributed by atoms with Gasteiger partial charge in [0.25, 0.3) is 5.69 Å². The van der Waals surface area contributed by atoms with Gasteiger partial charge in [-0.15, -0.1) is 12.4 Å². The van der Waals surface area contributed by atoms with Crippen LogP contribution in [-0.4, -0.2) is 36.0 Å². The van der Waals surface area contributed by atoms with Gasteiger partial charge < -0.3 is 16.0 Å². The second-order valence-corrected chi connectivity index (χ2v) is 5.19. The van der Waals surface area contributed by atoms with Crippen LogP contribution in [0.5, 0.6) is 0 Å². The third kappa shape index (κ3) is 4.85. The Labute approximate surface area is 135 Å². The molecule has 2 atom stereocenters. The molecule has 0 spiro atoms. The van der Waals surface area contributed by atoms with E-state index in [4.69, 9.17) is 0 Å². The number of nitro benzene ring substituents is 1. The number of nitrogens with one attached hydrogen (secondary N) is 3. The fourth-order valence-electron chi connectivity index (χ4n) is 2.46. The Morgan fingerprint density at radius 2 is 2.18 bits per heavy atom. The average molecular weight is 329 g/mol. The van der Waals surface area contributed by atoms with Crippen LogP contribution in [0.3, 0.4) is 0 Å². The Morgan fingerprint density at radius 1 is 1.45 bits per heavy atom. The number of carbonyl (C=O) groups excluding carboxylic acids is 1. The van der Waals surface area contributed by atoms with Crippen molar-refractivity contribution in [2.45, 2.75) is 31.8 Å². The topological polar surface area (TPSA) is 96.3 Å². The molecule has 0 radical (unpaired) electrons. The third-order valence-electron chi connectivity index (χ3n) is 3.65. The van der Waals surface area contributed by atoms with Crippen LogP contribution in [0.25, 0.3) is 0 Å². The number of para-hydroxylation sites is 2. The second-order valence-electron chi connectivity index (χ2n) is 5.19. The molecular formula is C14H21ClN4O3. The van der Waals surface area contributed by atoms with Gasteiger partial charge in [-0.25, -0.2) is 0 Å². The molecule has 0 saturated carbocycles. The van der Waals surface area contributed by atoms with Crippen LogP contribution in [0.15, 0.2) is 24.3 Å². The number of piperidine rings is 1. The second kappa shape index (κ2) is 8.55. The highest BCUT2D eigenvalue weighted by atomic mass is 35.5. The van der Waals surface area contributed by atoms with E-state index < -0.39 is 4.92 Å². The van der Waals surface area contributed by atoms with E-state index in [1.165, 1.54) is 6.07 Å². The Morgan fingerprint density at radius 3 is 2.86 bits per heavy atom. The molecular weight excluding hydrogens is 308 g/mol. The smallest absolute Gasteiger partial charge is 0.292 e. The van der Waals surface area contributed by atoms with Gasteiger partial charge in [0.2, 0.25) is 5.91 Å². The zero-order valence-electron chi connectivity index (χ0n) is 12.4. The number of carbonyl (C=O) groups is 1. The molecule has 7 nitrogen and oxygen atoms in total. The number of anilines is 1. The van der Waals surface area contributed by atoms with E-state index in [2.05, 4.69) is 16.0 Å². The van der Waals surface area contributed by atoms with Crippen LogP contribution < -0.4 is 16.0 Å². The summed E-state index contributed by atoms with van der Waals surface area (Å²) in [6.45, 7) is 3.04. The molecule has 1 aromatic rings. The first-order chi connectivity index (χ1) is 10.1. The molecule has 1 aliphatic heterocycles. The Hall–Kier alpha value is -1.86. The van der Waals surface area contributed by atoms with Crippen molar-refractivity contribution >= 4 is 29.7 Å². The largest absolute Gasteiger partial charge is 0.371 e. The van der Waals surface area contributed by atoms with E-state index in [1.807, 2.05) is 6.92 Å². The van der Waals surface area contributed by atoms with Crippen LogP contribution >= 0.6 is 12.4 Å². The van der Waals surface area contributed by atoms with Crippen molar-refractivity contribution in [1.29, 1.82) is 0 Å². The maximum Gasteiger partial charge on any atom is 0.292 e. The summed E-state index contributed by atoms with van der Waals surface area (Å²) in [4.78, 5) is 22.4. The minimum atomic E-state index is -0.465. The number of hydrogen-bond acceptors (Lipinski definition) is 5. The van der Waals surface area contributed by atoms with Crippen molar-refractivity contribution in [2.24, 2.45) is 0 Å². The molecule has 0 bridgehead atoms. The molecule has 1 aliphatic rings. The van der Waals surface area contributed by atoms with Crippen molar-refractivity contribution in [3.8, 4) is 0 Å². The van der Waals surface area contributed by atoms with Gasteiger partial charge in [0, 0.05) is 18.2 Å². The number of halogens is 1. The molecule has 1 amide bonds. The van der Waals surface area contributed by atoms with E-state index in [1.54, 1.807) is 18.2 Å². The third-order valence-corrected chi connectivity index (χ3v) is 3.65. The van der Waals surface area contributed by atoms with Crippen molar-refractivity contribution in [3.05, 3.63) is 34.4 Å². The number of nitrogens with zero attached hydrogens (tertiary/aromatic N) is 1. The minimum absolute atomic E-state index is 0. The van der Waals surface area contributed by atoms with Crippen molar-refractivity contribution in [3.63, 3.8) is 0 Å². The zero-order valence-corrected chi connectivity index (χ0v) is 13.2. The van der Waals surface area contributed by atoms with Crippen molar-refractivity contribution in [2.75, 3.05) is 18.4 Å². The van der Waals surface area contributed by atoms with Gasteiger partial charge in [0.05, 0.1) is 11.5 Å². The molecule has 1 heterocycles. The maximum atomic E-state index is 11.9. The summed E-state index contributed by atoms with van der Waals surface area (Å²) in [5, 5.41) is 20.0. The average Bonchev–Trinajstić information content (AvgIpc) is 2.48. The highest BCUT2D eigenvalue weighted by Gasteiger charge is 2.22. The standard InChI is InChI=1S/C14H20N4O3.ClH/c1-10-11(6-4-8-15-10)17-14(19)9-16-12-5-2-3-7-13(12)18(20)21;/h2-3,5,7,10-11,15-16H,4,6,8-9H2,1H3,(H,17,19);1H. The van der Waals surface area contributed by atoms with Crippen molar-refractivity contribution in [1.82, 2.24) is 10.6 Å². The highest BCUT2D eigenvalue weighted by Crippen LogP contribution is 2.22. The monoisotopic (exact) mass is 328 g/mol. The summed E-state index contributed by atoms with van der Waals surface area (Å²) in [6.07, 6.45) is 1.98. The quantitative estimate of drug-likeness (QED) is 0.564. The lowest BCUT2D eigenvalue weighted by Crippen LogP contribution is -2.52. The van der Waals surface area contributed by atoms with Crippen molar-refractivity contribution < 1.29 is 9.72 Å². The Kier molecular flexibility index (Phi) is 7.07. The summed E-state index contributed by atoms with van der Waals surface area (Å²) in [5.74, 6) is -0.159. The first-order valence-corrected chi connectivity index (χ1v) is 7.08. The molecule has 2 unspecified atom stereocenters. The highest BCUT2D eigenvalue weighted by molar-refractivity contribution is 5.85. The summed E-state index contributed by atoms with van der Waals surface area (Å²) in [5.41, 5.74) is 0.325. The lowest BCUT2D eigenvalue weighted by molar-refractivity contribution is -0.383. The number of benzene rings is 1. The van der Waals surface area contributed by atoms with Crippen LogP contribution in [0.4, 0.5) is 11.4 Å². The first kappa shape index (κ1) is 18.2. The normalized spacial score (nSPS) is 20.6. The lowest BCUT2D eigenvalue weighted by Gasteiger charge is -2.30. The van der Waals surface area contributed by atoms with Gasteiger partial charge in [-0.2, -0.15) is 0 Å². The summed E-state index contributed by atoms with van der Waals surface area (Å²) < 4.78 is 0. The fourth-order valence-corrected chi connectivity index (χ4v) is 2.46. The number of amides is 1. The number of hydrogen-bond donors (Lipinski definition) is 3. The fraction of sp³-hybridized carbons (Fsp3) is 0.500. The van der Waals surface area contributed by atoms with Gasteiger partial charge >= 0.3 is 0 Å². The Bertz CT molecular complexity index is 527. The molecule has 0 aliphatic carbocycles. The van der Waals surface area contributed by atoms with Crippen LogP contribution in [-0.2, 0) is 4.79 Å². The van der Waals surface area contributed by atoms with Crippen LogP contribution in [0.2, 0.25) is 0 Å². The first-order valence-electron chi connectivity index (χ1n) is 7.08. The van der Waals surface area contributed by atoms with E-state index >= 15 is 0 Å². The lowest BCUT2D eigenvalue weighted by atomic mass is 10.00. The van der Waals surface area contributed by atoms with Crippen LogP contribution in [0, 0.1) is 10.1 Å². The summed E-state index contributed by atoms with van der Waals surface area (Å²) in [6, 6.07) is 6.65. The minimum Gasteiger partial charge on any atom is -0.371 e. The zero-order chi connectivity index (χ0) is 15.2. The molecule has 2 rings (SSSR count). The van der Waals surface area contributed by atoms with Crippen LogP contribution in [0.1, 0.15) is 19.8 Å². The van der Waals surface area contributed by atoms with Gasteiger partial charge in [-0.05, 0) is 32.4 Å². The molecule has 1 fully saturated rings. The van der Waals surface area contributed by atoms with E-state index in [0.717, 1.165) is 19.4 Å². The molecule has 122 valence electrons. The molecule has 1 saturated heterocycles. The molecule has 0 aromatic heterocycles. The van der Waals surface area contributed by atoms with E-state index in [0.29, 0.717) is 5.69 Å². The van der Waals surface area contributed by atoms with Gasteiger partial charge in [0.1, 0.15) is 5.69 Å². The Balaban J connectivity index is 0.00000242. The summed E-state index contributed by atoms with van der Waals surface area (Å²) in [7, 11) is 0. The molecule has 3 N–H and O–H groups in total. The predicted octanol–water partition coefficient (Wildman–Crippen LogP) is 1.69. The van der Waals surface area contributed by atoms with Gasteiger partial charge in [-0.3, -0.25) is 14.9 Å². The predicted molar refractivity (Wildman–Crippen MR) is 87.5 cm³/mol. The number of rotatable bonds is 5. The van der Waals surface area contributed by atoms with E-state index in [9.17, 15) is 14.9 Å². The summed E-state index contributed by atoms with van der Waals surface area (Å²) >= 11 is 0. The molecule has 8 heteroatoms. The van der Waals surface area contributed by atoms with E-state index in [-0.39, 0.29) is 42.6 Å². The van der Waals surface area contributed by atoms with Gasteiger partial charge in [-0.1, -0.05) is 12.1 Å². The van der Waals surface area contributed by atoms with Gasteiger partial charge in [0.15, 0.2) is 0 Å². The molecule has 1 aromatic carbocycles.